The van der Waals surface area contributed by atoms with Gasteiger partial charge in [0, 0.05) is 5.56 Å². The van der Waals surface area contributed by atoms with Gasteiger partial charge in [-0.15, -0.1) is 5.43 Å². The Bertz CT molecular complexity index is 411. The Balaban J connectivity index is 3.04. The number of nitro groups is 1. The third-order valence-corrected chi connectivity index (χ3v) is 2.87. The van der Waals surface area contributed by atoms with Crippen LogP contribution in [0.15, 0.2) is 6.07 Å². The minimum Gasteiger partial charge on any atom is -0.506 e. The van der Waals surface area contributed by atoms with E-state index in [4.69, 9.17) is 34.8 Å². The maximum Gasteiger partial charge on any atom is 0.157 e. The van der Waals surface area contributed by atoms with E-state index in [1.807, 2.05) is 5.43 Å². The van der Waals surface area contributed by atoms with Gasteiger partial charge in [-0.05, 0) is 6.07 Å². The minimum atomic E-state index is -0.740. The van der Waals surface area contributed by atoms with Gasteiger partial charge in [0.1, 0.15) is 17.3 Å². The lowest BCUT2D eigenvalue weighted by Gasteiger charge is -2.07. The summed E-state index contributed by atoms with van der Waals surface area (Å²) < 4.78 is 0. The van der Waals surface area contributed by atoms with E-state index < -0.39 is 5.03 Å². The molecule has 0 bridgehead atoms. The monoisotopic (exact) mass is 270 g/mol. The summed E-state index contributed by atoms with van der Waals surface area (Å²) in [5, 5.41) is 18.8. The largest absolute Gasteiger partial charge is 0.506 e. The van der Waals surface area contributed by atoms with Crippen molar-refractivity contribution >= 4 is 34.8 Å². The number of nitrogens with one attached hydrogen (secondary N) is 1. The zero-order chi connectivity index (χ0) is 11.6. The van der Waals surface area contributed by atoms with E-state index in [0.717, 1.165) is 0 Å². The second kappa shape index (κ2) is 4.74. The lowest BCUT2D eigenvalue weighted by atomic mass is 10.2. The van der Waals surface area contributed by atoms with E-state index in [-0.39, 0.29) is 32.9 Å². The van der Waals surface area contributed by atoms with E-state index in [0.29, 0.717) is 0 Å². The summed E-state index contributed by atoms with van der Waals surface area (Å²) in [6, 6.07) is 1.31. The van der Waals surface area contributed by atoms with Crippen LogP contribution in [-0.4, -0.2) is 10.1 Å². The van der Waals surface area contributed by atoms with E-state index in [9.17, 15) is 15.2 Å². The number of phenols is 1. The van der Waals surface area contributed by atoms with Gasteiger partial charge in [0.05, 0.1) is 10.0 Å². The van der Waals surface area contributed by atoms with Crippen molar-refractivity contribution in [3.63, 3.8) is 0 Å². The molecule has 15 heavy (non-hydrogen) atoms. The van der Waals surface area contributed by atoms with Crippen LogP contribution in [0.2, 0.25) is 15.1 Å². The smallest absolute Gasteiger partial charge is 0.157 e. The van der Waals surface area contributed by atoms with Crippen molar-refractivity contribution in [3.8, 4) is 5.75 Å². The van der Waals surface area contributed by atoms with Gasteiger partial charge in [0.2, 0.25) is 0 Å². The molecule has 1 aromatic rings. The Kier molecular flexibility index (Phi) is 3.84. The Morgan fingerprint density at radius 2 is 2.00 bits per heavy atom. The highest BCUT2D eigenvalue weighted by Gasteiger charge is 2.14. The van der Waals surface area contributed by atoms with Crippen molar-refractivity contribution in [1.29, 1.82) is 0 Å². The van der Waals surface area contributed by atoms with Crippen LogP contribution in [0.3, 0.4) is 0 Å². The van der Waals surface area contributed by atoms with Gasteiger partial charge in [-0.25, -0.2) is 10.1 Å². The molecule has 1 aromatic carbocycles. The standard InChI is InChI=1S/C7H5Cl3N2O3/c8-4-1-3(2-11-12(14)15)7(13)6(10)5(4)9/h1,11,13H,2H2. The Labute approximate surface area is 99.7 Å². The number of benzene rings is 1. The zero-order valence-corrected chi connectivity index (χ0v) is 9.40. The molecule has 0 saturated carbocycles. The average molecular weight is 271 g/mol. The van der Waals surface area contributed by atoms with Crippen molar-refractivity contribution in [2.45, 2.75) is 6.54 Å². The topological polar surface area (TPSA) is 75.4 Å². The molecule has 0 aromatic heterocycles. The number of hydrogen-bond acceptors (Lipinski definition) is 3. The molecule has 0 saturated heterocycles. The fourth-order valence-corrected chi connectivity index (χ4v) is 1.56. The van der Waals surface area contributed by atoms with Gasteiger partial charge in [-0.3, -0.25) is 0 Å². The van der Waals surface area contributed by atoms with Crippen LogP contribution in [-0.2, 0) is 6.54 Å². The van der Waals surface area contributed by atoms with Gasteiger partial charge in [0.15, 0.2) is 5.03 Å². The molecule has 2 N–H and O–H groups in total. The number of aromatic hydroxyl groups is 1. The number of hydrogen-bond donors (Lipinski definition) is 2. The molecule has 0 aliphatic heterocycles. The first kappa shape index (κ1) is 12.2. The van der Waals surface area contributed by atoms with E-state index in [1.165, 1.54) is 6.07 Å². The summed E-state index contributed by atoms with van der Waals surface area (Å²) in [5.74, 6) is -0.319. The number of halogens is 3. The predicted octanol–water partition coefficient (Wildman–Crippen LogP) is 2.63. The minimum absolute atomic E-state index is 0.0145. The normalized spacial score (nSPS) is 10.1. The van der Waals surface area contributed by atoms with Crippen molar-refractivity contribution in [2.24, 2.45) is 0 Å². The number of hydrazine groups is 1. The molecular formula is C7H5Cl3N2O3. The fourth-order valence-electron chi connectivity index (χ4n) is 0.919. The molecule has 0 amide bonds. The van der Waals surface area contributed by atoms with Crippen LogP contribution in [0, 0.1) is 10.1 Å². The van der Waals surface area contributed by atoms with Gasteiger partial charge in [-0.2, -0.15) is 0 Å². The summed E-state index contributed by atoms with van der Waals surface area (Å²) in [4.78, 5) is 10.0. The Hall–Kier alpha value is -0.910. The van der Waals surface area contributed by atoms with E-state index >= 15 is 0 Å². The number of phenolic OH excluding ortho intramolecular Hbond substituents is 1. The van der Waals surface area contributed by atoms with Crippen molar-refractivity contribution in [2.75, 3.05) is 0 Å². The molecule has 0 unspecified atom stereocenters. The average Bonchev–Trinajstić information content (AvgIpc) is 2.18. The summed E-state index contributed by atoms with van der Waals surface area (Å²) in [6.45, 7) is -0.199. The summed E-state index contributed by atoms with van der Waals surface area (Å²) in [5.41, 5.74) is 2.08. The van der Waals surface area contributed by atoms with Crippen LogP contribution in [0.4, 0.5) is 0 Å². The third-order valence-electron chi connectivity index (χ3n) is 1.61. The molecule has 0 heterocycles. The fraction of sp³-hybridized carbons (Fsp3) is 0.143. The van der Waals surface area contributed by atoms with Gasteiger partial charge in [0.25, 0.3) is 0 Å². The number of rotatable bonds is 3. The maximum absolute atomic E-state index is 10.0. The first-order valence-corrected chi connectivity index (χ1v) is 4.80. The molecule has 0 atom stereocenters. The van der Waals surface area contributed by atoms with Gasteiger partial charge >= 0.3 is 0 Å². The molecule has 0 radical (unpaired) electrons. The van der Waals surface area contributed by atoms with Crippen molar-refractivity contribution in [3.05, 3.63) is 36.8 Å². The highest BCUT2D eigenvalue weighted by atomic mass is 35.5. The van der Waals surface area contributed by atoms with E-state index in [2.05, 4.69) is 0 Å². The molecular weight excluding hydrogens is 266 g/mol. The van der Waals surface area contributed by atoms with Crippen LogP contribution in [0.1, 0.15) is 5.56 Å². The second-order valence-electron chi connectivity index (χ2n) is 2.59. The van der Waals surface area contributed by atoms with Crippen LogP contribution >= 0.6 is 34.8 Å². The molecule has 1 rings (SSSR count). The summed E-state index contributed by atoms with van der Waals surface area (Å²) in [6.07, 6.45) is 0. The zero-order valence-electron chi connectivity index (χ0n) is 7.13. The molecule has 82 valence electrons. The predicted molar refractivity (Wildman–Crippen MR) is 57.0 cm³/mol. The SMILES string of the molecule is O=[N+]([O-])NCc1cc(Cl)c(Cl)c(Cl)c1O. The lowest BCUT2D eigenvalue weighted by molar-refractivity contribution is -0.546. The van der Waals surface area contributed by atoms with Crippen LogP contribution < -0.4 is 5.43 Å². The Morgan fingerprint density at radius 1 is 1.40 bits per heavy atom. The molecule has 0 aliphatic rings. The molecule has 0 aliphatic carbocycles. The third kappa shape index (κ3) is 2.77. The van der Waals surface area contributed by atoms with Crippen molar-refractivity contribution in [1.82, 2.24) is 5.43 Å². The Morgan fingerprint density at radius 3 is 2.53 bits per heavy atom. The molecule has 5 nitrogen and oxygen atoms in total. The van der Waals surface area contributed by atoms with E-state index in [1.54, 1.807) is 0 Å². The summed E-state index contributed by atoms with van der Waals surface area (Å²) in [7, 11) is 0. The molecule has 0 fully saturated rings. The molecule has 0 spiro atoms. The first-order chi connectivity index (χ1) is 6.93. The first-order valence-electron chi connectivity index (χ1n) is 3.66. The quantitative estimate of drug-likeness (QED) is 0.503. The number of nitrogens with zero attached hydrogens (tertiary/aromatic N) is 1. The van der Waals surface area contributed by atoms with Crippen LogP contribution in [0.25, 0.3) is 0 Å². The van der Waals surface area contributed by atoms with Gasteiger partial charge < -0.3 is 5.11 Å². The second-order valence-corrected chi connectivity index (χ2v) is 3.75. The van der Waals surface area contributed by atoms with Gasteiger partial charge in [-0.1, -0.05) is 34.8 Å². The van der Waals surface area contributed by atoms with Crippen molar-refractivity contribution < 1.29 is 10.1 Å². The maximum atomic E-state index is 10.0. The summed E-state index contributed by atoms with van der Waals surface area (Å²) >= 11 is 17.0. The highest BCUT2D eigenvalue weighted by molar-refractivity contribution is 6.48. The lowest BCUT2D eigenvalue weighted by Crippen LogP contribution is -2.20. The van der Waals surface area contributed by atoms with Crippen LogP contribution in [0.5, 0.6) is 5.75 Å². The highest BCUT2D eigenvalue weighted by Crippen LogP contribution is 2.39. The molecule has 8 heteroatoms.